The Balaban J connectivity index is 2.46. The van der Waals surface area contributed by atoms with Gasteiger partial charge in [0.15, 0.2) is 0 Å². The van der Waals surface area contributed by atoms with Crippen LogP contribution >= 0.6 is 0 Å². The number of likely N-dealkylation sites (N-methyl/N-ethyl adjacent to an activating group) is 1. The number of carbonyl (C=O) groups excluding carboxylic acids is 1. The number of hydrogen-bond acceptors (Lipinski definition) is 3. The summed E-state index contributed by atoms with van der Waals surface area (Å²) in [5.41, 5.74) is 0.138. The van der Waals surface area contributed by atoms with Crippen LogP contribution in [0.2, 0.25) is 0 Å². The van der Waals surface area contributed by atoms with E-state index in [1.165, 1.54) is 0 Å². The summed E-state index contributed by atoms with van der Waals surface area (Å²) in [5, 5.41) is 5.83. The molecule has 0 radical (unpaired) electrons. The van der Waals surface area contributed by atoms with E-state index in [-0.39, 0.29) is 17.4 Å². The summed E-state index contributed by atoms with van der Waals surface area (Å²) in [7, 11) is 1.78. The Morgan fingerprint density at radius 2 is 2.12 bits per heavy atom. The Kier molecular flexibility index (Phi) is 5.40. The van der Waals surface area contributed by atoms with E-state index in [9.17, 15) is 4.79 Å². The van der Waals surface area contributed by atoms with Crippen molar-refractivity contribution in [1.82, 2.24) is 10.6 Å². The fourth-order valence-corrected chi connectivity index (χ4v) is 2.48. The van der Waals surface area contributed by atoms with Crippen molar-refractivity contribution in [2.45, 2.75) is 39.7 Å². The lowest BCUT2D eigenvalue weighted by atomic mass is 9.78. The van der Waals surface area contributed by atoms with Gasteiger partial charge >= 0.3 is 0 Å². The zero-order chi connectivity index (χ0) is 12.9. The normalized spacial score (nSPS) is 25.6. The van der Waals surface area contributed by atoms with Gasteiger partial charge in [0.05, 0.1) is 12.6 Å². The maximum atomic E-state index is 11.4. The van der Waals surface area contributed by atoms with Crippen molar-refractivity contribution in [1.29, 1.82) is 0 Å². The molecule has 0 aliphatic carbocycles. The highest BCUT2D eigenvalue weighted by atomic mass is 16.5. The van der Waals surface area contributed by atoms with Crippen LogP contribution in [0, 0.1) is 11.3 Å². The molecule has 2 N–H and O–H groups in total. The summed E-state index contributed by atoms with van der Waals surface area (Å²) in [6.45, 7) is 8.56. The minimum Gasteiger partial charge on any atom is -0.377 e. The van der Waals surface area contributed by atoms with Crippen LogP contribution in [0.3, 0.4) is 0 Å². The van der Waals surface area contributed by atoms with Crippen molar-refractivity contribution in [3.8, 4) is 0 Å². The van der Waals surface area contributed by atoms with Crippen LogP contribution in [-0.2, 0) is 9.53 Å². The van der Waals surface area contributed by atoms with Crippen molar-refractivity contribution in [3.63, 3.8) is 0 Å². The van der Waals surface area contributed by atoms with Crippen LogP contribution in [0.4, 0.5) is 0 Å². The zero-order valence-electron chi connectivity index (χ0n) is 11.5. The summed E-state index contributed by atoms with van der Waals surface area (Å²) in [5.74, 6) is 0.496. The summed E-state index contributed by atoms with van der Waals surface area (Å²) in [6.07, 6.45) is 2.48. The van der Waals surface area contributed by atoms with E-state index in [0.717, 1.165) is 26.0 Å². The molecular weight excluding hydrogens is 216 g/mol. The Bertz CT molecular complexity index is 248. The Hall–Kier alpha value is -0.610. The first-order valence-corrected chi connectivity index (χ1v) is 6.48. The molecule has 17 heavy (non-hydrogen) atoms. The summed E-state index contributed by atoms with van der Waals surface area (Å²) in [4.78, 5) is 11.4. The van der Waals surface area contributed by atoms with Gasteiger partial charge in [-0.3, -0.25) is 4.79 Å². The van der Waals surface area contributed by atoms with Crippen LogP contribution in [0.15, 0.2) is 0 Å². The molecule has 1 aliphatic heterocycles. The fraction of sp³-hybridized carbons (Fsp3) is 0.923. The van der Waals surface area contributed by atoms with Gasteiger partial charge in [-0.1, -0.05) is 20.8 Å². The van der Waals surface area contributed by atoms with Gasteiger partial charge in [0.2, 0.25) is 5.91 Å². The molecule has 0 bridgehead atoms. The quantitative estimate of drug-likeness (QED) is 0.778. The Morgan fingerprint density at radius 1 is 1.41 bits per heavy atom. The van der Waals surface area contributed by atoms with Gasteiger partial charge in [0, 0.05) is 19.1 Å². The van der Waals surface area contributed by atoms with Crippen molar-refractivity contribution < 1.29 is 9.53 Å². The molecule has 4 heteroatoms. The molecule has 100 valence electrons. The van der Waals surface area contributed by atoms with Crippen molar-refractivity contribution in [2.75, 3.05) is 26.7 Å². The van der Waals surface area contributed by atoms with Gasteiger partial charge in [0.1, 0.15) is 0 Å². The molecule has 1 fully saturated rings. The zero-order valence-corrected chi connectivity index (χ0v) is 11.5. The number of ether oxygens (including phenoxy) is 1. The second-order valence-corrected chi connectivity index (χ2v) is 5.89. The molecule has 0 saturated carbocycles. The lowest BCUT2D eigenvalue weighted by Crippen LogP contribution is -2.46. The molecule has 1 aliphatic rings. The van der Waals surface area contributed by atoms with Crippen LogP contribution < -0.4 is 10.6 Å². The third-order valence-corrected chi connectivity index (χ3v) is 3.20. The third kappa shape index (κ3) is 4.64. The molecule has 1 rings (SSSR count). The van der Waals surface area contributed by atoms with Crippen molar-refractivity contribution in [3.05, 3.63) is 0 Å². The highest BCUT2D eigenvalue weighted by Gasteiger charge is 2.35. The van der Waals surface area contributed by atoms with E-state index in [4.69, 9.17) is 4.74 Å². The molecule has 1 amide bonds. The molecule has 4 nitrogen and oxygen atoms in total. The second-order valence-electron chi connectivity index (χ2n) is 5.89. The standard InChI is InChI=1S/C13H26N2O2/c1-13(2,3)12-10(6-5-7-17-12)8-15-11(16)9-14-4/h10,12,14H,5-9H2,1-4H3,(H,15,16). The average Bonchev–Trinajstić information content (AvgIpc) is 2.26. The van der Waals surface area contributed by atoms with Crippen molar-refractivity contribution in [2.24, 2.45) is 11.3 Å². The third-order valence-electron chi connectivity index (χ3n) is 3.20. The molecule has 0 aromatic carbocycles. The fourth-order valence-electron chi connectivity index (χ4n) is 2.48. The lowest BCUT2D eigenvalue weighted by Gasteiger charge is -2.40. The van der Waals surface area contributed by atoms with E-state index in [2.05, 4.69) is 31.4 Å². The number of amides is 1. The Labute approximate surface area is 104 Å². The van der Waals surface area contributed by atoms with Crippen LogP contribution in [0.1, 0.15) is 33.6 Å². The predicted molar refractivity (Wildman–Crippen MR) is 68.9 cm³/mol. The maximum Gasteiger partial charge on any atom is 0.233 e. The van der Waals surface area contributed by atoms with Gasteiger partial charge in [0.25, 0.3) is 0 Å². The molecule has 0 aromatic heterocycles. The largest absolute Gasteiger partial charge is 0.377 e. The van der Waals surface area contributed by atoms with Gasteiger partial charge in [-0.2, -0.15) is 0 Å². The topological polar surface area (TPSA) is 50.4 Å². The van der Waals surface area contributed by atoms with E-state index >= 15 is 0 Å². The van der Waals surface area contributed by atoms with Crippen LogP contribution in [0.25, 0.3) is 0 Å². The number of nitrogens with one attached hydrogen (secondary N) is 2. The molecule has 1 saturated heterocycles. The summed E-state index contributed by atoms with van der Waals surface area (Å²) in [6, 6.07) is 0. The first kappa shape index (κ1) is 14.5. The summed E-state index contributed by atoms with van der Waals surface area (Å²) < 4.78 is 5.88. The van der Waals surface area contributed by atoms with E-state index in [0.29, 0.717) is 12.5 Å². The first-order chi connectivity index (χ1) is 7.95. The molecule has 1 heterocycles. The molecule has 0 spiro atoms. The van der Waals surface area contributed by atoms with Crippen LogP contribution in [-0.4, -0.2) is 38.8 Å². The molecule has 2 unspecified atom stereocenters. The Morgan fingerprint density at radius 3 is 2.71 bits per heavy atom. The maximum absolute atomic E-state index is 11.4. The highest BCUT2D eigenvalue weighted by molar-refractivity contribution is 5.77. The first-order valence-electron chi connectivity index (χ1n) is 6.48. The molecular formula is C13H26N2O2. The van der Waals surface area contributed by atoms with Crippen molar-refractivity contribution >= 4 is 5.91 Å². The van der Waals surface area contributed by atoms with E-state index in [1.807, 2.05) is 0 Å². The molecule has 2 atom stereocenters. The minimum atomic E-state index is 0.0609. The second kappa shape index (κ2) is 6.36. The predicted octanol–water partition coefficient (Wildman–Crippen LogP) is 1.16. The summed E-state index contributed by atoms with van der Waals surface area (Å²) >= 11 is 0. The average molecular weight is 242 g/mol. The SMILES string of the molecule is CNCC(=O)NCC1CCCOC1C(C)(C)C. The van der Waals surface area contributed by atoms with E-state index in [1.54, 1.807) is 7.05 Å². The monoisotopic (exact) mass is 242 g/mol. The highest BCUT2D eigenvalue weighted by Crippen LogP contribution is 2.33. The van der Waals surface area contributed by atoms with Gasteiger partial charge < -0.3 is 15.4 Å². The van der Waals surface area contributed by atoms with Crippen LogP contribution in [0.5, 0.6) is 0 Å². The van der Waals surface area contributed by atoms with Gasteiger partial charge in [-0.15, -0.1) is 0 Å². The minimum absolute atomic E-state index is 0.0609. The lowest BCUT2D eigenvalue weighted by molar-refractivity contribution is -0.122. The smallest absolute Gasteiger partial charge is 0.233 e. The number of rotatable bonds is 4. The van der Waals surface area contributed by atoms with E-state index < -0.39 is 0 Å². The van der Waals surface area contributed by atoms with Gasteiger partial charge in [-0.05, 0) is 25.3 Å². The number of carbonyl (C=O) groups is 1. The van der Waals surface area contributed by atoms with Gasteiger partial charge in [-0.25, -0.2) is 0 Å². The molecule has 0 aromatic rings. The number of hydrogen-bond donors (Lipinski definition) is 2.